The average Bonchev–Trinajstić information content (AvgIpc) is 2.64. The van der Waals surface area contributed by atoms with Crippen molar-refractivity contribution in [3.63, 3.8) is 0 Å². The summed E-state index contributed by atoms with van der Waals surface area (Å²) in [5.41, 5.74) is 0. The molecular formula is C13H23NO3. The third kappa shape index (κ3) is 2.99. The number of rotatable bonds is 2. The van der Waals surface area contributed by atoms with Crippen molar-refractivity contribution in [2.75, 3.05) is 19.8 Å². The molecule has 0 aromatic rings. The Morgan fingerprint density at radius 2 is 2.24 bits per heavy atom. The van der Waals surface area contributed by atoms with E-state index in [9.17, 15) is 9.90 Å². The Bertz CT molecular complexity index is 269. The first-order valence-corrected chi connectivity index (χ1v) is 6.75. The van der Waals surface area contributed by atoms with Crippen LogP contribution in [0.3, 0.4) is 0 Å². The van der Waals surface area contributed by atoms with E-state index >= 15 is 0 Å². The largest absolute Gasteiger partial charge is 0.394 e. The van der Waals surface area contributed by atoms with Crippen molar-refractivity contribution in [2.45, 2.75) is 51.2 Å². The lowest BCUT2D eigenvalue weighted by Gasteiger charge is -2.30. The molecule has 2 heterocycles. The van der Waals surface area contributed by atoms with Crippen LogP contribution in [0.5, 0.6) is 0 Å². The molecule has 1 N–H and O–H groups in total. The summed E-state index contributed by atoms with van der Waals surface area (Å²) >= 11 is 0. The lowest BCUT2D eigenvalue weighted by molar-refractivity contribution is -0.138. The summed E-state index contributed by atoms with van der Waals surface area (Å²) in [7, 11) is 0. The lowest BCUT2D eigenvalue weighted by Crippen LogP contribution is -2.45. The highest BCUT2D eigenvalue weighted by Gasteiger charge is 2.34. The number of likely N-dealkylation sites (tertiary alicyclic amines) is 1. The third-order valence-corrected chi connectivity index (χ3v) is 3.92. The molecule has 0 radical (unpaired) electrons. The van der Waals surface area contributed by atoms with E-state index in [1.54, 1.807) is 0 Å². The van der Waals surface area contributed by atoms with E-state index in [-0.39, 0.29) is 30.6 Å². The number of nitrogens with zero attached hydrogens (tertiary/aromatic N) is 1. The average molecular weight is 241 g/mol. The molecule has 98 valence electrons. The zero-order valence-electron chi connectivity index (χ0n) is 10.6. The van der Waals surface area contributed by atoms with Crippen LogP contribution in [0, 0.1) is 5.92 Å². The summed E-state index contributed by atoms with van der Waals surface area (Å²) in [6.45, 7) is 3.46. The van der Waals surface area contributed by atoms with Crippen molar-refractivity contribution in [3.05, 3.63) is 0 Å². The van der Waals surface area contributed by atoms with Gasteiger partial charge in [0, 0.05) is 6.54 Å². The maximum absolute atomic E-state index is 12.4. The molecule has 4 heteroatoms. The molecule has 3 unspecified atom stereocenters. The number of aliphatic hydroxyl groups is 1. The molecule has 3 atom stereocenters. The fraction of sp³-hybridized carbons (Fsp3) is 0.923. The first-order valence-electron chi connectivity index (χ1n) is 6.75. The van der Waals surface area contributed by atoms with Gasteiger partial charge in [-0.3, -0.25) is 4.79 Å². The second-order valence-electron chi connectivity index (χ2n) is 5.29. The zero-order chi connectivity index (χ0) is 12.3. The summed E-state index contributed by atoms with van der Waals surface area (Å²) in [5.74, 6) is 0.201. The Hall–Kier alpha value is -0.610. The van der Waals surface area contributed by atoms with Crippen LogP contribution in [0.4, 0.5) is 0 Å². The van der Waals surface area contributed by atoms with E-state index in [1.165, 1.54) is 0 Å². The van der Waals surface area contributed by atoms with E-state index in [0.29, 0.717) is 6.61 Å². The number of carbonyl (C=O) groups is 1. The Morgan fingerprint density at radius 3 is 2.88 bits per heavy atom. The molecule has 2 rings (SSSR count). The zero-order valence-corrected chi connectivity index (χ0v) is 10.6. The van der Waals surface area contributed by atoms with Crippen LogP contribution >= 0.6 is 0 Å². The summed E-state index contributed by atoms with van der Waals surface area (Å²) in [6.07, 6.45) is 5.30. The van der Waals surface area contributed by atoms with E-state index in [1.807, 2.05) is 11.8 Å². The maximum Gasteiger partial charge on any atom is 0.228 e. The number of carbonyl (C=O) groups excluding carboxylic acids is 1. The van der Waals surface area contributed by atoms with E-state index in [4.69, 9.17) is 4.74 Å². The molecule has 0 saturated carbocycles. The van der Waals surface area contributed by atoms with Crippen LogP contribution in [-0.2, 0) is 9.53 Å². The van der Waals surface area contributed by atoms with Gasteiger partial charge >= 0.3 is 0 Å². The Labute approximate surface area is 103 Å². The van der Waals surface area contributed by atoms with Gasteiger partial charge in [0.25, 0.3) is 0 Å². The van der Waals surface area contributed by atoms with Gasteiger partial charge < -0.3 is 14.7 Å². The van der Waals surface area contributed by atoms with Crippen molar-refractivity contribution in [1.29, 1.82) is 0 Å². The van der Waals surface area contributed by atoms with E-state index in [0.717, 1.165) is 38.6 Å². The summed E-state index contributed by atoms with van der Waals surface area (Å²) in [4.78, 5) is 14.3. The van der Waals surface area contributed by atoms with Gasteiger partial charge in [-0.15, -0.1) is 0 Å². The van der Waals surface area contributed by atoms with Crippen molar-refractivity contribution in [1.82, 2.24) is 4.90 Å². The molecule has 2 fully saturated rings. The van der Waals surface area contributed by atoms with E-state index in [2.05, 4.69) is 0 Å². The SMILES string of the molecule is CC1CC(C(=O)N2CCCCCC2CO)CO1. The quantitative estimate of drug-likeness (QED) is 0.789. The molecule has 0 spiro atoms. The van der Waals surface area contributed by atoms with Crippen LogP contribution in [0.15, 0.2) is 0 Å². The highest BCUT2D eigenvalue weighted by molar-refractivity contribution is 5.79. The first-order chi connectivity index (χ1) is 8.22. The van der Waals surface area contributed by atoms with Crippen molar-refractivity contribution < 1.29 is 14.6 Å². The lowest BCUT2D eigenvalue weighted by atomic mass is 10.0. The molecule has 0 aliphatic carbocycles. The summed E-state index contributed by atoms with van der Waals surface area (Å²) < 4.78 is 5.47. The Kier molecular flexibility index (Phi) is 4.40. The monoisotopic (exact) mass is 241 g/mol. The number of ether oxygens (including phenoxy) is 1. The molecular weight excluding hydrogens is 218 g/mol. The maximum atomic E-state index is 12.4. The number of hydrogen-bond acceptors (Lipinski definition) is 3. The van der Waals surface area contributed by atoms with Crippen LogP contribution in [0.25, 0.3) is 0 Å². The van der Waals surface area contributed by atoms with Crippen LogP contribution < -0.4 is 0 Å². The molecule has 0 bridgehead atoms. The second kappa shape index (κ2) is 5.83. The summed E-state index contributed by atoms with van der Waals surface area (Å²) in [6, 6.07) is 0.0286. The standard InChI is InChI=1S/C13H23NO3/c1-10-7-11(9-17-10)13(16)14-6-4-2-3-5-12(14)8-15/h10-12,15H,2-9H2,1H3. The van der Waals surface area contributed by atoms with Gasteiger partial charge in [-0.1, -0.05) is 12.8 Å². The summed E-state index contributed by atoms with van der Waals surface area (Å²) in [5, 5.41) is 9.40. The topological polar surface area (TPSA) is 49.8 Å². The van der Waals surface area contributed by atoms with Crippen LogP contribution in [0.2, 0.25) is 0 Å². The Morgan fingerprint density at radius 1 is 1.41 bits per heavy atom. The molecule has 0 aromatic heterocycles. The fourth-order valence-electron chi connectivity index (χ4n) is 2.88. The third-order valence-electron chi connectivity index (χ3n) is 3.92. The number of aliphatic hydroxyl groups excluding tert-OH is 1. The van der Waals surface area contributed by atoms with Crippen molar-refractivity contribution >= 4 is 5.91 Å². The fourth-order valence-corrected chi connectivity index (χ4v) is 2.88. The van der Waals surface area contributed by atoms with Gasteiger partial charge in [0.2, 0.25) is 5.91 Å². The van der Waals surface area contributed by atoms with Gasteiger partial charge in [-0.2, -0.15) is 0 Å². The molecule has 0 aromatic carbocycles. The molecule has 2 saturated heterocycles. The van der Waals surface area contributed by atoms with Gasteiger partial charge in [-0.05, 0) is 26.2 Å². The van der Waals surface area contributed by atoms with Gasteiger partial charge in [0.1, 0.15) is 0 Å². The van der Waals surface area contributed by atoms with Gasteiger partial charge in [0.05, 0.1) is 31.3 Å². The van der Waals surface area contributed by atoms with Crippen molar-refractivity contribution in [2.24, 2.45) is 5.92 Å². The normalized spacial score (nSPS) is 34.7. The predicted molar refractivity (Wildman–Crippen MR) is 64.6 cm³/mol. The minimum absolute atomic E-state index is 0.0112. The van der Waals surface area contributed by atoms with Gasteiger partial charge in [0.15, 0.2) is 0 Å². The molecule has 2 aliphatic heterocycles. The van der Waals surface area contributed by atoms with Crippen molar-refractivity contribution in [3.8, 4) is 0 Å². The van der Waals surface area contributed by atoms with Crippen LogP contribution in [0.1, 0.15) is 39.0 Å². The van der Waals surface area contributed by atoms with Crippen LogP contribution in [-0.4, -0.2) is 47.8 Å². The van der Waals surface area contributed by atoms with E-state index < -0.39 is 0 Å². The Balaban J connectivity index is 2.00. The minimum atomic E-state index is 0.0112. The van der Waals surface area contributed by atoms with Gasteiger partial charge in [-0.25, -0.2) is 0 Å². The molecule has 17 heavy (non-hydrogen) atoms. The molecule has 1 amide bonds. The predicted octanol–water partition coefficient (Wildman–Crippen LogP) is 1.17. The highest BCUT2D eigenvalue weighted by Crippen LogP contribution is 2.25. The molecule has 4 nitrogen and oxygen atoms in total. The minimum Gasteiger partial charge on any atom is -0.394 e. The highest BCUT2D eigenvalue weighted by atomic mass is 16.5. The molecule has 2 aliphatic rings. The number of amides is 1. The number of hydrogen-bond donors (Lipinski definition) is 1. The first kappa shape index (κ1) is 12.8. The smallest absolute Gasteiger partial charge is 0.228 e. The second-order valence-corrected chi connectivity index (χ2v) is 5.29.